The number of fused-ring (bicyclic) bond motifs is 3. The van der Waals surface area contributed by atoms with Crippen LogP contribution in [0.2, 0.25) is 37.2 Å². The molecule has 0 aliphatic carbocycles. The predicted octanol–water partition coefficient (Wildman–Crippen LogP) is 5.20. The molecule has 0 unspecified atom stereocenters. The van der Waals surface area contributed by atoms with Crippen LogP contribution in [0.25, 0.3) is 0 Å². The molecule has 2 heterocycles. The lowest BCUT2D eigenvalue weighted by Crippen LogP contribution is -2.43. The molecule has 0 saturated carbocycles. The number of hydrogen-bond acceptors (Lipinski definition) is 2. The molecular formula is C18H33BO2Si. The maximum Gasteiger partial charge on any atom is 0.330 e. The molecule has 2 saturated heterocycles. The fourth-order valence-electron chi connectivity index (χ4n) is 5.20. The molecule has 124 valence electrons. The third kappa shape index (κ3) is 4.50. The third-order valence-electron chi connectivity index (χ3n) is 5.82. The van der Waals surface area contributed by atoms with Gasteiger partial charge in [0.25, 0.3) is 0 Å². The maximum atomic E-state index is 11.6. The fourth-order valence-corrected chi connectivity index (χ4v) is 8.64. The van der Waals surface area contributed by atoms with Gasteiger partial charge in [-0.15, -0.1) is 0 Å². The lowest BCUT2D eigenvalue weighted by Gasteiger charge is -2.39. The van der Waals surface area contributed by atoms with Crippen LogP contribution >= 0.6 is 0 Å². The van der Waals surface area contributed by atoms with Crippen LogP contribution in [0.3, 0.4) is 0 Å². The van der Waals surface area contributed by atoms with Crippen molar-refractivity contribution in [2.24, 2.45) is 5.92 Å². The average Bonchev–Trinajstić information content (AvgIpc) is 2.66. The molecule has 1 atom stereocenters. The Bertz CT molecular complexity index is 392. The molecular weight excluding hydrogens is 287 g/mol. The van der Waals surface area contributed by atoms with E-state index in [4.69, 9.17) is 4.74 Å². The van der Waals surface area contributed by atoms with E-state index in [0.717, 1.165) is 30.2 Å². The highest BCUT2D eigenvalue weighted by molar-refractivity contribution is 6.90. The van der Waals surface area contributed by atoms with Crippen LogP contribution in [0.15, 0.2) is 12.2 Å². The number of ether oxygens (including phenoxy) is 1. The molecule has 2 aliphatic rings. The number of carbonyl (C=O) groups is 1. The Kier molecular flexibility index (Phi) is 6.37. The van der Waals surface area contributed by atoms with E-state index >= 15 is 0 Å². The summed E-state index contributed by atoms with van der Waals surface area (Å²) < 4.78 is 5.02. The van der Waals surface area contributed by atoms with Crippen molar-refractivity contribution in [3.8, 4) is 0 Å². The van der Waals surface area contributed by atoms with E-state index in [1.165, 1.54) is 38.5 Å². The van der Waals surface area contributed by atoms with Gasteiger partial charge in [-0.05, 0) is 12.8 Å². The van der Waals surface area contributed by atoms with Gasteiger partial charge in [0.1, 0.15) is 6.71 Å². The first-order valence-corrected chi connectivity index (χ1v) is 12.8. The summed E-state index contributed by atoms with van der Waals surface area (Å²) in [6.45, 7) is 10.8. The second-order valence-electron chi connectivity index (χ2n) is 8.33. The van der Waals surface area contributed by atoms with Crippen LogP contribution in [0.4, 0.5) is 0 Å². The molecule has 0 N–H and O–H groups in total. The van der Waals surface area contributed by atoms with Crippen molar-refractivity contribution in [3.63, 3.8) is 0 Å². The van der Waals surface area contributed by atoms with Crippen LogP contribution in [-0.2, 0) is 9.53 Å². The highest BCUT2D eigenvalue weighted by Crippen LogP contribution is 2.51. The zero-order chi connectivity index (χ0) is 16.2. The topological polar surface area (TPSA) is 26.3 Å². The predicted molar refractivity (Wildman–Crippen MR) is 98.4 cm³/mol. The second kappa shape index (κ2) is 7.85. The van der Waals surface area contributed by atoms with E-state index in [0.29, 0.717) is 6.61 Å². The monoisotopic (exact) mass is 320 g/mol. The molecule has 0 radical (unpaired) electrons. The van der Waals surface area contributed by atoms with Crippen LogP contribution in [0.5, 0.6) is 0 Å². The Balaban J connectivity index is 2.14. The van der Waals surface area contributed by atoms with Crippen molar-refractivity contribution in [3.05, 3.63) is 12.2 Å². The Labute approximate surface area is 138 Å². The van der Waals surface area contributed by atoms with Gasteiger partial charge in [0.15, 0.2) is 0 Å². The van der Waals surface area contributed by atoms with Crippen molar-refractivity contribution < 1.29 is 9.53 Å². The molecule has 22 heavy (non-hydrogen) atoms. The summed E-state index contributed by atoms with van der Waals surface area (Å²) in [5.41, 5.74) is 0.925. The van der Waals surface area contributed by atoms with Gasteiger partial charge < -0.3 is 4.74 Å². The van der Waals surface area contributed by atoms with Gasteiger partial charge in [0.2, 0.25) is 0 Å². The quantitative estimate of drug-likeness (QED) is 0.395. The number of allylic oxidation sites excluding steroid dienone is 1. The largest absolute Gasteiger partial charge is 0.463 e. The summed E-state index contributed by atoms with van der Waals surface area (Å²) in [5, 5.41) is 0. The van der Waals surface area contributed by atoms with Gasteiger partial charge in [0, 0.05) is 14.1 Å². The van der Waals surface area contributed by atoms with Crippen molar-refractivity contribution >= 4 is 20.8 Å². The normalized spacial score (nSPS) is 29.5. The minimum Gasteiger partial charge on any atom is -0.463 e. The minimum atomic E-state index is -1.18. The van der Waals surface area contributed by atoms with E-state index in [9.17, 15) is 4.79 Å². The number of carbonyl (C=O) groups excluding carboxylic acids is 1. The van der Waals surface area contributed by atoms with Crippen molar-refractivity contribution in [1.82, 2.24) is 0 Å². The van der Waals surface area contributed by atoms with Crippen molar-refractivity contribution in [2.75, 3.05) is 6.61 Å². The highest BCUT2D eigenvalue weighted by Gasteiger charge is 2.46. The van der Waals surface area contributed by atoms with Gasteiger partial charge in [-0.3, -0.25) is 0 Å². The van der Waals surface area contributed by atoms with Gasteiger partial charge in [-0.25, -0.2) is 4.79 Å². The maximum absolute atomic E-state index is 11.6. The van der Waals surface area contributed by atoms with Crippen molar-refractivity contribution in [2.45, 2.75) is 82.7 Å². The zero-order valence-electron chi connectivity index (χ0n) is 14.9. The van der Waals surface area contributed by atoms with E-state index in [2.05, 4.69) is 25.7 Å². The molecule has 0 aromatic carbocycles. The molecule has 4 heteroatoms. The molecule has 2 aliphatic heterocycles. The SMILES string of the molecule is CCOC(=O)/C=C\CB1C2CCCC(CCC2)[C@@H]1[Si](C)(C)C. The number of hydrogen-bond donors (Lipinski definition) is 0. The van der Waals surface area contributed by atoms with Crippen LogP contribution < -0.4 is 0 Å². The summed E-state index contributed by atoms with van der Waals surface area (Å²) in [5.74, 6) is 1.65. The lowest BCUT2D eigenvalue weighted by atomic mass is 9.35. The molecule has 2 fully saturated rings. The summed E-state index contributed by atoms with van der Waals surface area (Å²) in [6.07, 6.45) is 13.4. The Morgan fingerprint density at radius 3 is 2.36 bits per heavy atom. The first-order chi connectivity index (χ1) is 10.4. The van der Waals surface area contributed by atoms with Crippen LogP contribution in [0, 0.1) is 5.92 Å². The fraction of sp³-hybridized carbons (Fsp3) is 0.833. The standard InChI is InChI=1S/C18H33BO2Si/c1-5-21-17(20)13-8-14-19-16-11-6-9-15(10-7-12-16)18(19)22(2,3)4/h8,13,15-16,18H,5-7,9-12,14H2,1-4H3/b13-8-/t15?,16?,18-/m0/s1. The van der Waals surface area contributed by atoms with E-state index in [1.54, 1.807) is 6.08 Å². The smallest absolute Gasteiger partial charge is 0.330 e. The average molecular weight is 320 g/mol. The molecule has 0 aromatic rings. The molecule has 0 spiro atoms. The lowest BCUT2D eigenvalue weighted by molar-refractivity contribution is -0.137. The summed E-state index contributed by atoms with van der Waals surface area (Å²) >= 11 is 0. The number of rotatable bonds is 5. The van der Waals surface area contributed by atoms with Crippen LogP contribution in [0.1, 0.15) is 45.4 Å². The first kappa shape index (κ1) is 17.8. The molecule has 2 nitrogen and oxygen atoms in total. The Morgan fingerprint density at radius 1 is 1.18 bits per heavy atom. The Morgan fingerprint density at radius 2 is 1.82 bits per heavy atom. The van der Waals surface area contributed by atoms with E-state index in [-0.39, 0.29) is 5.97 Å². The summed E-state index contributed by atoms with van der Waals surface area (Å²) in [4.78, 5) is 11.6. The van der Waals surface area contributed by atoms with Crippen molar-refractivity contribution in [1.29, 1.82) is 0 Å². The highest BCUT2D eigenvalue weighted by atomic mass is 28.3. The third-order valence-corrected chi connectivity index (χ3v) is 8.72. The molecule has 2 rings (SSSR count). The van der Waals surface area contributed by atoms with E-state index in [1.807, 2.05) is 6.92 Å². The molecule has 0 aromatic heterocycles. The summed E-state index contributed by atoms with van der Waals surface area (Å²) in [6, 6.07) is 0. The van der Waals surface area contributed by atoms with Gasteiger partial charge in [0.05, 0.1) is 6.61 Å². The van der Waals surface area contributed by atoms with Gasteiger partial charge in [-0.1, -0.05) is 81.8 Å². The van der Waals surface area contributed by atoms with Gasteiger partial charge in [-0.2, -0.15) is 0 Å². The second-order valence-corrected chi connectivity index (χ2v) is 13.7. The first-order valence-electron chi connectivity index (χ1n) is 9.26. The zero-order valence-corrected chi connectivity index (χ0v) is 15.9. The minimum absolute atomic E-state index is 0.177. The van der Waals surface area contributed by atoms with Crippen LogP contribution in [-0.4, -0.2) is 27.4 Å². The summed E-state index contributed by atoms with van der Waals surface area (Å²) in [7, 11) is -1.18. The van der Waals surface area contributed by atoms with E-state index < -0.39 is 8.07 Å². The Hall–Kier alpha value is -0.508. The number of esters is 1. The molecule has 2 bridgehead atoms. The van der Waals surface area contributed by atoms with Gasteiger partial charge >= 0.3 is 5.97 Å². The molecule has 0 amide bonds.